The van der Waals surface area contributed by atoms with Crippen molar-refractivity contribution in [1.82, 2.24) is 20.3 Å². The van der Waals surface area contributed by atoms with E-state index in [0.717, 1.165) is 5.56 Å². The summed E-state index contributed by atoms with van der Waals surface area (Å²) < 4.78 is 1.65. The van der Waals surface area contributed by atoms with Crippen LogP contribution < -0.4 is 11.1 Å². The molecule has 0 aliphatic carbocycles. The summed E-state index contributed by atoms with van der Waals surface area (Å²) in [5.74, 6) is 0.0305. The molecule has 1 aromatic carbocycles. The predicted molar refractivity (Wildman–Crippen MR) is 83.4 cm³/mol. The molecule has 1 aromatic heterocycles. The van der Waals surface area contributed by atoms with Crippen LogP contribution in [0.1, 0.15) is 23.0 Å². The van der Waals surface area contributed by atoms with Crippen molar-refractivity contribution in [2.24, 2.45) is 11.7 Å². The molecule has 0 aliphatic rings. The Morgan fingerprint density at radius 3 is 2.76 bits per heavy atom. The van der Waals surface area contributed by atoms with Gasteiger partial charge < -0.3 is 11.1 Å². The summed E-state index contributed by atoms with van der Waals surface area (Å²) in [5, 5.41) is 10.6. The highest BCUT2D eigenvalue weighted by Gasteiger charge is 2.11. The van der Waals surface area contributed by atoms with Crippen LogP contribution in [0, 0.1) is 5.92 Å². The lowest BCUT2D eigenvalue weighted by molar-refractivity contribution is 0.0943. The summed E-state index contributed by atoms with van der Waals surface area (Å²) in [6, 6.07) is 9.90. The van der Waals surface area contributed by atoms with Crippen molar-refractivity contribution < 1.29 is 4.79 Å². The van der Waals surface area contributed by atoms with Gasteiger partial charge in [0, 0.05) is 6.54 Å². The van der Waals surface area contributed by atoms with Crippen LogP contribution in [0.4, 0.5) is 0 Å². The van der Waals surface area contributed by atoms with Gasteiger partial charge in [0.05, 0.1) is 12.7 Å². The minimum absolute atomic E-state index is 0. The SMILES string of the molecule is CC(CN)CNC(=O)c1cn(Cc2ccccc2)nn1.Cl. The van der Waals surface area contributed by atoms with E-state index in [2.05, 4.69) is 15.6 Å². The van der Waals surface area contributed by atoms with Gasteiger partial charge in [0.1, 0.15) is 0 Å². The monoisotopic (exact) mass is 309 g/mol. The number of benzene rings is 1. The molecule has 6 nitrogen and oxygen atoms in total. The van der Waals surface area contributed by atoms with Gasteiger partial charge >= 0.3 is 0 Å². The Hall–Kier alpha value is -1.92. The minimum atomic E-state index is -0.218. The summed E-state index contributed by atoms with van der Waals surface area (Å²) in [5.41, 5.74) is 6.94. The standard InChI is InChI=1S/C14H19N5O.ClH/c1-11(7-15)8-16-14(20)13-10-19(18-17-13)9-12-5-3-2-4-6-12;/h2-6,10-11H,7-9,15H2,1H3,(H,16,20);1H. The van der Waals surface area contributed by atoms with E-state index in [1.807, 2.05) is 37.3 Å². The number of rotatable bonds is 6. The molecule has 21 heavy (non-hydrogen) atoms. The number of hydrogen-bond donors (Lipinski definition) is 2. The highest BCUT2D eigenvalue weighted by atomic mass is 35.5. The number of carbonyl (C=O) groups is 1. The van der Waals surface area contributed by atoms with Gasteiger partial charge in [-0.3, -0.25) is 4.79 Å². The van der Waals surface area contributed by atoms with E-state index in [0.29, 0.717) is 25.3 Å². The average molecular weight is 310 g/mol. The largest absolute Gasteiger partial charge is 0.350 e. The molecule has 114 valence electrons. The second-order valence-corrected chi connectivity index (χ2v) is 4.84. The van der Waals surface area contributed by atoms with E-state index >= 15 is 0 Å². The van der Waals surface area contributed by atoms with E-state index in [1.165, 1.54) is 0 Å². The molecule has 0 radical (unpaired) electrons. The van der Waals surface area contributed by atoms with Crippen LogP contribution in [-0.4, -0.2) is 34.0 Å². The van der Waals surface area contributed by atoms with Gasteiger partial charge in [0.15, 0.2) is 5.69 Å². The molecule has 3 N–H and O–H groups in total. The minimum Gasteiger partial charge on any atom is -0.350 e. The normalized spacial score (nSPS) is 11.5. The fraction of sp³-hybridized carbons (Fsp3) is 0.357. The van der Waals surface area contributed by atoms with Gasteiger partial charge in [-0.2, -0.15) is 0 Å². The number of nitrogens with two attached hydrogens (primary N) is 1. The predicted octanol–water partition coefficient (Wildman–Crippen LogP) is 1.07. The maximum Gasteiger partial charge on any atom is 0.273 e. The van der Waals surface area contributed by atoms with Gasteiger partial charge in [-0.15, -0.1) is 17.5 Å². The lowest BCUT2D eigenvalue weighted by Crippen LogP contribution is -2.31. The van der Waals surface area contributed by atoms with Crippen molar-refractivity contribution in [2.45, 2.75) is 13.5 Å². The zero-order chi connectivity index (χ0) is 14.4. The summed E-state index contributed by atoms with van der Waals surface area (Å²) in [4.78, 5) is 11.9. The van der Waals surface area contributed by atoms with Crippen LogP contribution in [0.15, 0.2) is 36.5 Å². The number of hydrogen-bond acceptors (Lipinski definition) is 4. The Morgan fingerprint density at radius 1 is 1.38 bits per heavy atom. The quantitative estimate of drug-likeness (QED) is 0.836. The summed E-state index contributed by atoms with van der Waals surface area (Å²) >= 11 is 0. The number of nitrogens with zero attached hydrogens (tertiary/aromatic N) is 3. The van der Waals surface area contributed by atoms with Crippen molar-refractivity contribution in [3.05, 3.63) is 47.8 Å². The molecule has 7 heteroatoms. The van der Waals surface area contributed by atoms with Crippen LogP contribution in [0.5, 0.6) is 0 Å². The molecule has 0 bridgehead atoms. The Balaban J connectivity index is 0.00000220. The first-order valence-corrected chi connectivity index (χ1v) is 6.61. The first-order chi connectivity index (χ1) is 9.69. The molecule has 2 aromatic rings. The van der Waals surface area contributed by atoms with Crippen LogP contribution in [-0.2, 0) is 6.54 Å². The molecule has 0 aliphatic heterocycles. The highest BCUT2D eigenvalue weighted by Crippen LogP contribution is 2.02. The third-order valence-corrected chi connectivity index (χ3v) is 2.97. The number of nitrogens with one attached hydrogen (secondary N) is 1. The van der Waals surface area contributed by atoms with Crippen LogP contribution in [0.25, 0.3) is 0 Å². The van der Waals surface area contributed by atoms with Gasteiger partial charge in [-0.1, -0.05) is 42.5 Å². The first kappa shape index (κ1) is 17.1. The molecule has 1 unspecified atom stereocenters. The van der Waals surface area contributed by atoms with Gasteiger partial charge in [-0.25, -0.2) is 4.68 Å². The van der Waals surface area contributed by atoms with E-state index in [4.69, 9.17) is 5.73 Å². The molecule has 1 atom stereocenters. The Morgan fingerprint density at radius 2 is 2.10 bits per heavy atom. The molecule has 0 fully saturated rings. The maximum atomic E-state index is 11.9. The van der Waals surface area contributed by atoms with Crippen molar-refractivity contribution in [3.8, 4) is 0 Å². The fourth-order valence-electron chi connectivity index (χ4n) is 1.69. The third kappa shape index (κ3) is 5.17. The van der Waals surface area contributed by atoms with Gasteiger partial charge in [-0.05, 0) is 18.0 Å². The van der Waals surface area contributed by atoms with Crippen molar-refractivity contribution in [2.75, 3.05) is 13.1 Å². The van der Waals surface area contributed by atoms with Gasteiger partial charge in [0.2, 0.25) is 0 Å². The Kier molecular flexibility index (Phi) is 6.84. The molecule has 2 rings (SSSR count). The number of aromatic nitrogens is 3. The molecular formula is C14H20ClN5O. The molecule has 0 saturated carbocycles. The second-order valence-electron chi connectivity index (χ2n) is 4.84. The Bertz CT molecular complexity index is 558. The lowest BCUT2D eigenvalue weighted by atomic mass is 10.2. The van der Waals surface area contributed by atoms with Crippen molar-refractivity contribution in [3.63, 3.8) is 0 Å². The summed E-state index contributed by atoms with van der Waals surface area (Å²) in [7, 11) is 0. The average Bonchev–Trinajstić information content (AvgIpc) is 2.94. The topological polar surface area (TPSA) is 85.8 Å². The van der Waals surface area contributed by atoms with Crippen molar-refractivity contribution >= 4 is 18.3 Å². The number of carbonyl (C=O) groups excluding carboxylic acids is 1. The van der Waals surface area contributed by atoms with E-state index in [1.54, 1.807) is 10.9 Å². The van der Waals surface area contributed by atoms with Gasteiger partial charge in [0.25, 0.3) is 5.91 Å². The summed E-state index contributed by atoms with van der Waals surface area (Å²) in [6.07, 6.45) is 1.65. The van der Waals surface area contributed by atoms with Crippen molar-refractivity contribution in [1.29, 1.82) is 0 Å². The molecule has 1 heterocycles. The van der Waals surface area contributed by atoms with E-state index < -0.39 is 0 Å². The lowest BCUT2D eigenvalue weighted by Gasteiger charge is -2.08. The van der Waals surface area contributed by atoms with E-state index in [-0.39, 0.29) is 24.2 Å². The number of halogens is 1. The molecule has 0 spiro atoms. The van der Waals surface area contributed by atoms with Crippen LogP contribution in [0.3, 0.4) is 0 Å². The molecular weight excluding hydrogens is 290 g/mol. The second kappa shape index (κ2) is 8.39. The Labute approximate surface area is 130 Å². The highest BCUT2D eigenvalue weighted by molar-refractivity contribution is 5.91. The number of amides is 1. The maximum absolute atomic E-state index is 11.9. The van der Waals surface area contributed by atoms with Crippen LogP contribution in [0.2, 0.25) is 0 Å². The zero-order valence-corrected chi connectivity index (χ0v) is 12.7. The molecule has 0 saturated heterocycles. The first-order valence-electron chi connectivity index (χ1n) is 6.61. The third-order valence-electron chi connectivity index (χ3n) is 2.97. The molecule has 1 amide bonds. The zero-order valence-electron chi connectivity index (χ0n) is 11.9. The smallest absolute Gasteiger partial charge is 0.273 e. The fourth-order valence-corrected chi connectivity index (χ4v) is 1.69. The summed E-state index contributed by atoms with van der Waals surface area (Å²) in [6.45, 7) is 3.66. The van der Waals surface area contributed by atoms with E-state index in [9.17, 15) is 4.79 Å². The van der Waals surface area contributed by atoms with Crippen LogP contribution >= 0.6 is 12.4 Å².